The Kier molecular flexibility index (Phi) is 1.64. The lowest BCUT2D eigenvalue weighted by atomic mass is 10.1. The molecule has 3 heteroatoms. The van der Waals surface area contributed by atoms with Gasteiger partial charge in [0.15, 0.2) is 0 Å². The molecule has 1 aliphatic heterocycles. The van der Waals surface area contributed by atoms with Crippen molar-refractivity contribution in [1.29, 1.82) is 0 Å². The van der Waals surface area contributed by atoms with E-state index >= 15 is 0 Å². The molecule has 2 fully saturated rings. The number of hydrogen-bond acceptors (Lipinski definition) is 3. The van der Waals surface area contributed by atoms with E-state index < -0.39 is 0 Å². The van der Waals surface area contributed by atoms with Crippen LogP contribution in [0.4, 0.5) is 0 Å². The van der Waals surface area contributed by atoms with Crippen molar-refractivity contribution in [2.75, 3.05) is 13.2 Å². The molecule has 1 heterocycles. The fourth-order valence-electron chi connectivity index (χ4n) is 2.34. The van der Waals surface area contributed by atoms with Crippen LogP contribution in [0.2, 0.25) is 0 Å². The summed E-state index contributed by atoms with van der Waals surface area (Å²) in [5, 5.41) is 0. The molecule has 3 nitrogen and oxygen atoms in total. The molecule has 2 bridgehead atoms. The summed E-state index contributed by atoms with van der Waals surface area (Å²) in [7, 11) is 0. The summed E-state index contributed by atoms with van der Waals surface area (Å²) in [5.74, 6) is 6.23. The van der Waals surface area contributed by atoms with Gasteiger partial charge in [-0.15, -0.1) is 0 Å². The predicted molar refractivity (Wildman–Crippen MR) is 40.0 cm³/mol. The highest BCUT2D eigenvalue weighted by atomic mass is 15.4. The van der Waals surface area contributed by atoms with Crippen molar-refractivity contribution < 1.29 is 0 Å². The molecule has 1 saturated carbocycles. The van der Waals surface area contributed by atoms with Gasteiger partial charge in [-0.05, 0) is 25.2 Å². The van der Waals surface area contributed by atoms with Gasteiger partial charge in [-0.1, -0.05) is 0 Å². The smallest absolute Gasteiger partial charge is 0.0614 e. The molecule has 1 saturated heterocycles. The quantitative estimate of drug-likeness (QED) is 0.416. The Morgan fingerprint density at radius 3 is 2.90 bits per heavy atom. The third-order valence-electron chi connectivity index (χ3n) is 2.82. The number of nitrogens with zero attached hydrogens (tertiary/aromatic N) is 1. The molecule has 0 radical (unpaired) electrons. The van der Waals surface area contributed by atoms with Crippen molar-refractivity contribution in [2.24, 2.45) is 11.8 Å². The molecule has 2 aliphatic rings. The van der Waals surface area contributed by atoms with Crippen molar-refractivity contribution in [2.45, 2.75) is 25.3 Å². The highest BCUT2D eigenvalue weighted by molar-refractivity contribution is 4.91. The first-order valence-electron chi connectivity index (χ1n) is 4.07. The van der Waals surface area contributed by atoms with Crippen molar-refractivity contribution in [1.82, 2.24) is 10.3 Å². The number of fused-ring (bicyclic) bond motifs is 2. The molecule has 2 unspecified atom stereocenters. The van der Waals surface area contributed by atoms with E-state index in [1.807, 2.05) is 0 Å². The minimum atomic E-state index is 0.848. The summed E-state index contributed by atoms with van der Waals surface area (Å²) < 4.78 is 0. The molecule has 0 spiro atoms. The Labute approximate surface area is 61.5 Å². The Balaban J connectivity index is 1.90. The standard InChI is InChI=1S/C7H15N3/c8-9-5-10-4-6-1-2-7(10)3-6/h6-7,9H,1-5,8H2. The van der Waals surface area contributed by atoms with Gasteiger partial charge >= 0.3 is 0 Å². The maximum atomic E-state index is 5.25. The molecule has 2 atom stereocenters. The SMILES string of the molecule is NNCN1CC2CCC1C2. The van der Waals surface area contributed by atoms with Crippen LogP contribution in [0.5, 0.6) is 0 Å². The van der Waals surface area contributed by atoms with E-state index in [9.17, 15) is 0 Å². The first-order chi connectivity index (χ1) is 4.90. The Morgan fingerprint density at radius 1 is 1.50 bits per heavy atom. The summed E-state index contributed by atoms with van der Waals surface area (Å²) in [6.07, 6.45) is 4.26. The van der Waals surface area contributed by atoms with Crippen molar-refractivity contribution in [3.05, 3.63) is 0 Å². The minimum absolute atomic E-state index is 0.848. The fourth-order valence-corrected chi connectivity index (χ4v) is 2.34. The molecule has 3 N–H and O–H groups in total. The zero-order chi connectivity index (χ0) is 6.97. The van der Waals surface area contributed by atoms with Crippen LogP contribution in [0.3, 0.4) is 0 Å². The van der Waals surface area contributed by atoms with Crippen LogP contribution in [0.25, 0.3) is 0 Å². The van der Waals surface area contributed by atoms with E-state index in [1.165, 1.54) is 25.8 Å². The van der Waals surface area contributed by atoms with Gasteiger partial charge in [0.1, 0.15) is 0 Å². The summed E-state index contributed by atoms with van der Waals surface area (Å²) in [4.78, 5) is 2.45. The average Bonchev–Trinajstić information content (AvgIpc) is 2.48. The number of rotatable bonds is 2. The van der Waals surface area contributed by atoms with E-state index in [0.29, 0.717) is 0 Å². The molecule has 2 rings (SSSR count). The highest BCUT2D eigenvalue weighted by Gasteiger charge is 2.36. The van der Waals surface area contributed by atoms with E-state index in [0.717, 1.165) is 18.6 Å². The molecule has 10 heavy (non-hydrogen) atoms. The van der Waals surface area contributed by atoms with Gasteiger partial charge in [0.25, 0.3) is 0 Å². The van der Waals surface area contributed by atoms with Crippen LogP contribution >= 0.6 is 0 Å². The summed E-state index contributed by atoms with van der Waals surface area (Å²) in [6.45, 7) is 2.15. The Bertz CT molecular complexity index is 126. The van der Waals surface area contributed by atoms with Gasteiger partial charge in [0, 0.05) is 12.6 Å². The lowest BCUT2D eigenvalue weighted by molar-refractivity contribution is 0.199. The highest BCUT2D eigenvalue weighted by Crippen LogP contribution is 2.36. The number of hydrogen-bond donors (Lipinski definition) is 2. The number of nitrogens with one attached hydrogen (secondary N) is 1. The second kappa shape index (κ2) is 2.49. The van der Waals surface area contributed by atoms with E-state index in [1.54, 1.807) is 0 Å². The molecule has 1 aliphatic carbocycles. The third kappa shape index (κ3) is 0.944. The first-order valence-corrected chi connectivity index (χ1v) is 4.07. The fraction of sp³-hybridized carbons (Fsp3) is 1.00. The lowest BCUT2D eigenvalue weighted by Gasteiger charge is -2.25. The summed E-state index contributed by atoms with van der Waals surface area (Å²) in [5.41, 5.74) is 2.72. The minimum Gasteiger partial charge on any atom is -0.286 e. The van der Waals surface area contributed by atoms with Gasteiger partial charge in [-0.2, -0.15) is 0 Å². The van der Waals surface area contributed by atoms with Crippen LogP contribution in [-0.4, -0.2) is 24.2 Å². The van der Waals surface area contributed by atoms with E-state index in [2.05, 4.69) is 10.3 Å². The largest absolute Gasteiger partial charge is 0.286 e. The zero-order valence-electron chi connectivity index (χ0n) is 6.21. The second-order valence-electron chi connectivity index (χ2n) is 3.47. The number of nitrogens with two attached hydrogens (primary N) is 1. The van der Waals surface area contributed by atoms with Gasteiger partial charge in [-0.25, -0.2) is 5.43 Å². The molecule has 0 aromatic carbocycles. The number of likely N-dealkylation sites (tertiary alicyclic amines) is 1. The van der Waals surface area contributed by atoms with Gasteiger partial charge in [-0.3, -0.25) is 10.7 Å². The first kappa shape index (κ1) is 6.58. The predicted octanol–water partition coefficient (Wildman–Crippen LogP) is -0.109. The van der Waals surface area contributed by atoms with Gasteiger partial charge in [0.2, 0.25) is 0 Å². The van der Waals surface area contributed by atoms with E-state index in [-0.39, 0.29) is 0 Å². The Hall–Kier alpha value is -0.120. The maximum absolute atomic E-state index is 5.25. The van der Waals surface area contributed by atoms with Crippen LogP contribution in [0.15, 0.2) is 0 Å². The molecule has 0 aromatic rings. The topological polar surface area (TPSA) is 41.3 Å². The van der Waals surface area contributed by atoms with Crippen LogP contribution in [0, 0.1) is 5.92 Å². The molecular formula is C7H15N3. The molecular weight excluding hydrogens is 126 g/mol. The summed E-state index contributed by atoms with van der Waals surface area (Å²) in [6, 6.07) is 0.848. The van der Waals surface area contributed by atoms with Crippen LogP contribution < -0.4 is 11.3 Å². The lowest BCUT2D eigenvalue weighted by Crippen LogP contribution is -2.42. The normalized spacial score (nSPS) is 39.3. The molecule has 0 aromatic heterocycles. The van der Waals surface area contributed by atoms with Crippen molar-refractivity contribution in [3.63, 3.8) is 0 Å². The number of piperidine rings is 1. The average molecular weight is 141 g/mol. The third-order valence-corrected chi connectivity index (χ3v) is 2.82. The van der Waals surface area contributed by atoms with Crippen LogP contribution in [0.1, 0.15) is 19.3 Å². The zero-order valence-corrected chi connectivity index (χ0v) is 6.21. The van der Waals surface area contributed by atoms with Crippen molar-refractivity contribution >= 4 is 0 Å². The van der Waals surface area contributed by atoms with Crippen molar-refractivity contribution in [3.8, 4) is 0 Å². The van der Waals surface area contributed by atoms with E-state index in [4.69, 9.17) is 5.84 Å². The van der Waals surface area contributed by atoms with Gasteiger partial charge in [0.05, 0.1) is 6.67 Å². The molecule has 58 valence electrons. The summed E-state index contributed by atoms with van der Waals surface area (Å²) >= 11 is 0. The van der Waals surface area contributed by atoms with Crippen LogP contribution in [-0.2, 0) is 0 Å². The monoisotopic (exact) mass is 141 g/mol. The number of hydrazine groups is 1. The Morgan fingerprint density at radius 2 is 2.40 bits per heavy atom. The maximum Gasteiger partial charge on any atom is 0.0614 e. The molecule has 0 amide bonds. The van der Waals surface area contributed by atoms with Gasteiger partial charge < -0.3 is 0 Å². The second-order valence-corrected chi connectivity index (χ2v) is 3.47.